The third-order valence-corrected chi connectivity index (χ3v) is 4.72. The summed E-state index contributed by atoms with van der Waals surface area (Å²) < 4.78 is 0. The molecule has 1 aliphatic carbocycles. The first-order valence-corrected chi connectivity index (χ1v) is 8.08. The van der Waals surface area contributed by atoms with Crippen molar-refractivity contribution >= 4 is 5.78 Å². The van der Waals surface area contributed by atoms with Crippen molar-refractivity contribution in [2.45, 2.75) is 37.7 Å². The zero-order chi connectivity index (χ0) is 15.4. The van der Waals surface area contributed by atoms with Crippen LogP contribution in [0.2, 0.25) is 0 Å². The highest BCUT2D eigenvalue weighted by molar-refractivity contribution is 6.02. The van der Waals surface area contributed by atoms with E-state index in [1.807, 2.05) is 48.5 Å². The minimum atomic E-state index is -1.42. The van der Waals surface area contributed by atoms with Crippen molar-refractivity contribution in [3.63, 3.8) is 0 Å². The Hall–Kier alpha value is -1.93. The van der Waals surface area contributed by atoms with Crippen LogP contribution in [0.5, 0.6) is 0 Å². The Morgan fingerprint density at radius 3 is 2.09 bits per heavy atom. The molecule has 0 aliphatic heterocycles. The predicted molar refractivity (Wildman–Crippen MR) is 87.7 cm³/mol. The molecule has 1 saturated carbocycles. The van der Waals surface area contributed by atoms with Crippen LogP contribution in [0.25, 0.3) is 0 Å². The molecule has 114 valence electrons. The normalized spacial score (nSPS) is 18.0. The van der Waals surface area contributed by atoms with Crippen molar-refractivity contribution in [3.8, 4) is 0 Å². The second-order valence-electron chi connectivity index (χ2n) is 6.28. The van der Waals surface area contributed by atoms with Gasteiger partial charge in [-0.3, -0.25) is 4.79 Å². The SMILES string of the molecule is O=C(c1ccccc1)C(O)(CC1CCCC1)c1ccccc1. The van der Waals surface area contributed by atoms with E-state index in [4.69, 9.17) is 0 Å². The number of Topliss-reactive ketones (excluding diaryl/α,β-unsaturated/α-hetero) is 1. The van der Waals surface area contributed by atoms with Gasteiger partial charge in [0, 0.05) is 5.56 Å². The van der Waals surface area contributed by atoms with Crippen LogP contribution in [0.3, 0.4) is 0 Å². The fourth-order valence-electron chi connectivity index (χ4n) is 3.52. The highest BCUT2D eigenvalue weighted by Gasteiger charge is 2.40. The van der Waals surface area contributed by atoms with Crippen molar-refractivity contribution in [3.05, 3.63) is 71.8 Å². The number of carbonyl (C=O) groups excluding carboxylic acids is 1. The zero-order valence-electron chi connectivity index (χ0n) is 12.7. The molecule has 0 radical (unpaired) electrons. The van der Waals surface area contributed by atoms with Crippen LogP contribution < -0.4 is 0 Å². The van der Waals surface area contributed by atoms with Gasteiger partial charge in [0.15, 0.2) is 11.4 Å². The monoisotopic (exact) mass is 294 g/mol. The molecule has 1 atom stereocenters. The van der Waals surface area contributed by atoms with Gasteiger partial charge in [-0.05, 0) is 17.9 Å². The molecule has 2 aromatic rings. The molecular formula is C20H22O2. The van der Waals surface area contributed by atoms with Crippen LogP contribution in [-0.4, -0.2) is 10.9 Å². The summed E-state index contributed by atoms with van der Waals surface area (Å²) in [6, 6.07) is 18.5. The van der Waals surface area contributed by atoms with Gasteiger partial charge in [-0.2, -0.15) is 0 Å². The molecule has 22 heavy (non-hydrogen) atoms. The largest absolute Gasteiger partial charge is 0.377 e. The summed E-state index contributed by atoms with van der Waals surface area (Å²) in [5.41, 5.74) is -0.139. The van der Waals surface area contributed by atoms with Crippen LogP contribution in [0.4, 0.5) is 0 Å². The Morgan fingerprint density at radius 2 is 1.50 bits per heavy atom. The van der Waals surface area contributed by atoms with E-state index in [1.54, 1.807) is 12.1 Å². The lowest BCUT2D eigenvalue weighted by atomic mass is 9.78. The number of carbonyl (C=O) groups is 1. The van der Waals surface area contributed by atoms with E-state index in [0.29, 0.717) is 23.5 Å². The highest BCUT2D eigenvalue weighted by atomic mass is 16.3. The predicted octanol–water partition coefficient (Wildman–Crippen LogP) is 4.34. The second-order valence-corrected chi connectivity index (χ2v) is 6.28. The maximum Gasteiger partial charge on any atom is 0.198 e. The van der Waals surface area contributed by atoms with Crippen molar-refractivity contribution in [2.24, 2.45) is 5.92 Å². The average molecular weight is 294 g/mol. The van der Waals surface area contributed by atoms with E-state index >= 15 is 0 Å². The van der Waals surface area contributed by atoms with E-state index in [2.05, 4.69) is 0 Å². The number of ketones is 1. The van der Waals surface area contributed by atoms with Crippen LogP contribution in [-0.2, 0) is 5.60 Å². The Morgan fingerprint density at radius 1 is 0.955 bits per heavy atom. The van der Waals surface area contributed by atoms with E-state index in [9.17, 15) is 9.90 Å². The van der Waals surface area contributed by atoms with Crippen molar-refractivity contribution in [1.29, 1.82) is 0 Å². The summed E-state index contributed by atoms with van der Waals surface area (Å²) in [5.74, 6) is 0.240. The second kappa shape index (κ2) is 6.45. The molecule has 0 amide bonds. The third kappa shape index (κ3) is 2.97. The number of benzene rings is 2. The molecule has 3 rings (SSSR count). The van der Waals surface area contributed by atoms with Gasteiger partial charge in [0.05, 0.1) is 0 Å². The minimum absolute atomic E-state index is 0.189. The fraction of sp³-hybridized carbons (Fsp3) is 0.350. The molecule has 0 bridgehead atoms. The van der Waals surface area contributed by atoms with Gasteiger partial charge in [-0.25, -0.2) is 0 Å². The van der Waals surface area contributed by atoms with Gasteiger partial charge in [-0.1, -0.05) is 86.3 Å². The van der Waals surface area contributed by atoms with E-state index < -0.39 is 5.60 Å². The van der Waals surface area contributed by atoms with Gasteiger partial charge in [0.2, 0.25) is 0 Å². The van der Waals surface area contributed by atoms with Crippen LogP contribution in [0.1, 0.15) is 48.0 Å². The lowest BCUT2D eigenvalue weighted by molar-refractivity contribution is 0.0162. The Labute approximate surface area is 131 Å². The summed E-state index contributed by atoms with van der Waals surface area (Å²) in [7, 11) is 0. The first kappa shape index (κ1) is 15.0. The van der Waals surface area contributed by atoms with Gasteiger partial charge in [0.1, 0.15) is 0 Å². The Kier molecular flexibility index (Phi) is 4.39. The zero-order valence-corrected chi connectivity index (χ0v) is 12.7. The quantitative estimate of drug-likeness (QED) is 0.833. The van der Waals surface area contributed by atoms with Crippen LogP contribution in [0.15, 0.2) is 60.7 Å². The Bertz CT molecular complexity index is 615. The smallest absolute Gasteiger partial charge is 0.198 e. The first-order chi connectivity index (χ1) is 10.7. The molecule has 0 heterocycles. The summed E-state index contributed by atoms with van der Waals surface area (Å²) in [5, 5.41) is 11.3. The van der Waals surface area contributed by atoms with Crippen molar-refractivity contribution in [1.82, 2.24) is 0 Å². The number of hydrogen-bond acceptors (Lipinski definition) is 2. The van der Waals surface area contributed by atoms with Crippen LogP contribution in [0, 0.1) is 5.92 Å². The molecule has 1 unspecified atom stereocenters. The molecule has 0 aromatic heterocycles. The van der Waals surface area contributed by atoms with E-state index in [1.165, 1.54) is 12.8 Å². The van der Waals surface area contributed by atoms with Gasteiger partial charge < -0.3 is 5.11 Å². The lowest BCUT2D eigenvalue weighted by Gasteiger charge is -2.30. The molecule has 2 aromatic carbocycles. The molecular weight excluding hydrogens is 272 g/mol. The van der Waals surface area contributed by atoms with Crippen molar-refractivity contribution < 1.29 is 9.90 Å². The van der Waals surface area contributed by atoms with Gasteiger partial charge in [0.25, 0.3) is 0 Å². The van der Waals surface area contributed by atoms with Gasteiger partial charge in [-0.15, -0.1) is 0 Å². The minimum Gasteiger partial charge on any atom is -0.377 e. The molecule has 1 fully saturated rings. The summed E-state index contributed by atoms with van der Waals surface area (Å²) in [6.07, 6.45) is 5.14. The molecule has 2 nitrogen and oxygen atoms in total. The number of aliphatic hydroxyl groups is 1. The summed E-state index contributed by atoms with van der Waals surface area (Å²) >= 11 is 0. The van der Waals surface area contributed by atoms with Gasteiger partial charge >= 0.3 is 0 Å². The standard InChI is InChI=1S/C20H22O2/c21-19(17-11-3-1-4-12-17)20(22,15-16-9-7-8-10-16)18-13-5-2-6-14-18/h1-6,11-14,16,22H,7-10,15H2. The molecule has 0 spiro atoms. The summed E-state index contributed by atoms with van der Waals surface area (Å²) in [4.78, 5) is 13.0. The number of hydrogen-bond donors (Lipinski definition) is 1. The van der Waals surface area contributed by atoms with E-state index in [-0.39, 0.29) is 5.78 Å². The number of rotatable bonds is 5. The molecule has 2 heteroatoms. The molecule has 1 N–H and O–H groups in total. The fourth-order valence-corrected chi connectivity index (χ4v) is 3.52. The Balaban J connectivity index is 1.96. The summed E-state index contributed by atoms with van der Waals surface area (Å²) in [6.45, 7) is 0. The van der Waals surface area contributed by atoms with Crippen LogP contribution >= 0.6 is 0 Å². The maximum atomic E-state index is 13.0. The topological polar surface area (TPSA) is 37.3 Å². The highest BCUT2D eigenvalue weighted by Crippen LogP contribution is 2.38. The third-order valence-electron chi connectivity index (χ3n) is 4.72. The maximum absolute atomic E-state index is 13.0. The molecule has 0 saturated heterocycles. The lowest BCUT2D eigenvalue weighted by Crippen LogP contribution is -2.37. The van der Waals surface area contributed by atoms with Crippen molar-refractivity contribution in [2.75, 3.05) is 0 Å². The van der Waals surface area contributed by atoms with E-state index in [0.717, 1.165) is 12.8 Å². The first-order valence-electron chi connectivity index (χ1n) is 8.08. The average Bonchev–Trinajstić information content (AvgIpc) is 3.08. The molecule has 1 aliphatic rings.